The molecule has 0 aromatic heterocycles. The average Bonchev–Trinajstić information content (AvgIpc) is 2.84. The third-order valence-corrected chi connectivity index (χ3v) is 7.70. The zero-order valence-corrected chi connectivity index (χ0v) is 15.4. The maximum atomic E-state index is 13.3. The summed E-state index contributed by atoms with van der Waals surface area (Å²) in [5.41, 5.74) is 0. The molecule has 0 amide bonds. The number of hydrogen-bond acceptors (Lipinski definition) is 5. The molecule has 1 rings (SSSR count). The van der Waals surface area contributed by atoms with E-state index in [1.54, 1.807) is 20.8 Å². The van der Waals surface area contributed by atoms with Crippen molar-refractivity contribution in [2.24, 2.45) is 5.92 Å². The van der Waals surface area contributed by atoms with Gasteiger partial charge in [-0.15, -0.1) is 0 Å². The van der Waals surface area contributed by atoms with Crippen molar-refractivity contribution in [2.45, 2.75) is 45.2 Å². The molecule has 118 valence electrons. The number of halogens is 1. The fourth-order valence-electron chi connectivity index (χ4n) is 2.87. The Morgan fingerprint density at radius 3 is 2.30 bits per heavy atom. The van der Waals surface area contributed by atoms with Gasteiger partial charge >= 0.3 is 13.6 Å². The summed E-state index contributed by atoms with van der Waals surface area (Å²) in [5.74, 6) is -0.449. The summed E-state index contributed by atoms with van der Waals surface area (Å²) in [4.78, 5) is 12.6. The van der Waals surface area contributed by atoms with Crippen molar-refractivity contribution in [3.8, 4) is 0 Å². The number of carbonyl (C=O) groups excluding carboxylic acids is 1. The van der Waals surface area contributed by atoms with Crippen LogP contribution >= 0.6 is 30.2 Å². The van der Waals surface area contributed by atoms with Gasteiger partial charge in [-0.05, 0) is 39.5 Å². The van der Waals surface area contributed by atoms with Crippen LogP contribution in [0.4, 0.5) is 0 Å². The Morgan fingerprint density at radius 1 is 1.25 bits per heavy atom. The minimum Gasteiger partial charge on any atom is -0.465 e. The van der Waals surface area contributed by atoms with Crippen molar-refractivity contribution in [1.29, 1.82) is 0 Å². The first-order chi connectivity index (χ1) is 9.52. The lowest BCUT2D eigenvalue weighted by atomic mass is 9.97. The fraction of sp³-hybridized carbons (Fsp3) is 0.923. The number of hydrogen-bond donors (Lipinski definition) is 0. The lowest BCUT2D eigenvalue weighted by molar-refractivity contribution is -0.148. The first-order valence-electron chi connectivity index (χ1n) is 7.14. The van der Waals surface area contributed by atoms with Crippen LogP contribution in [0.25, 0.3) is 0 Å². The zero-order chi connectivity index (χ0) is 15.2. The average molecular weight is 418 g/mol. The predicted molar refractivity (Wildman–Crippen MR) is 86.5 cm³/mol. The van der Waals surface area contributed by atoms with Crippen molar-refractivity contribution in [2.75, 3.05) is 24.2 Å². The van der Waals surface area contributed by atoms with Crippen LogP contribution in [0, 0.1) is 5.92 Å². The second-order valence-corrected chi connectivity index (χ2v) is 7.91. The minimum atomic E-state index is -3.54. The summed E-state index contributed by atoms with van der Waals surface area (Å²) in [6.45, 7) is 6.06. The van der Waals surface area contributed by atoms with E-state index in [0.717, 1.165) is 17.3 Å². The highest BCUT2D eigenvalue weighted by molar-refractivity contribution is 14.1. The SMILES string of the molecule is CCOC(=O)[C@]1(P(=O)(OCC)OCC)CCC[C@H]1CI. The van der Waals surface area contributed by atoms with E-state index in [1.807, 2.05) is 0 Å². The molecule has 1 fully saturated rings. The molecule has 0 aromatic carbocycles. The molecule has 0 heterocycles. The molecular weight excluding hydrogens is 394 g/mol. The van der Waals surface area contributed by atoms with Crippen molar-refractivity contribution in [3.05, 3.63) is 0 Å². The molecule has 20 heavy (non-hydrogen) atoms. The van der Waals surface area contributed by atoms with Crippen LogP contribution in [0.2, 0.25) is 0 Å². The Labute approximate surface area is 134 Å². The van der Waals surface area contributed by atoms with Crippen LogP contribution in [-0.4, -0.2) is 35.4 Å². The molecule has 7 heteroatoms. The normalized spacial score (nSPS) is 26.7. The van der Waals surface area contributed by atoms with Crippen molar-refractivity contribution < 1.29 is 23.1 Å². The number of carbonyl (C=O) groups is 1. The maximum absolute atomic E-state index is 13.3. The second-order valence-electron chi connectivity index (χ2n) is 4.72. The molecular formula is C13H24IO5P. The van der Waals surface area contributed by atoms with Gasteiger partial charge in [0.25, 0.3) is 0 Å². The van der Waals surface area contributed by atoms with E-state index in [1.165, 1.54) is 0 Å². The van der Waals surface area contributed by atoms with Gasteiger partial charge in [-0.25, -0.2) is 0 Å². The van der Waals surface area contributed by atoms with Gasteiger partial charge in [-0.3, -0.25) is 9.36 Å². The van der Waals surface area contributed by atoms with Crippen LogP contribution in [0.5, 0.6) is 0 Å². The summed E-state index contributed by atoms with van der Waals surface area (Å²) >= 11 is 2.23. The van der Waals surface area contributed by atoms with Gasteiger partial charge in [0.15, 0.2) is 5.16 Å². The molecule has 5 nitrogen and oxygen atoms in total. The van der Waals surface area contributed by atoms with Crippen LogP contribution in [0.1, 0.15) is 40.0 Å². The lowest BCUT2D eigenvalue weighted by Gasteiger charge is -2.37. The molecule has 0 bridgehead atoms. The Balaban J connectivity index is 3.27. The largest absolute Gasteiger partial charge is 0.465 e. The van der Waals surface area contributed by atoms with Crippen LogP contribution in [0.3, 0.4) is 0 Å². The van der Waals surface area contributed by atoms with Gasteiger partial charge in [0.2, 0.25) is 0 Å². The maximum Gasteiger partial charge on any atom is 0.348 e. The second kappa shape index (κ2) is 8.11. The van der Waals surface area contributed by atoms with Crippen LogP contribution in [-0.2, 0) is 23.1 Å². The van der Waals surface area contributed by atoms with Gasteiger partial charge < -0.3 is 13.8 Å². The molecule has 1 aliphatic rings. The van der Waals surface area contributed by atoms with Gasteiger partial charge in [0, 0.05) is 4.43 Å². The quantitative estimate of drug-likeness (QED) is 0.260. The predicted octanol–water partition coefficient (Wildman–Crippen LogP) is 3.79. The van der Waals surface area contributed by atoms with Crippen molar-refractivity contribution in [1.82, 2.24) is 0 Å². The lowest BCUT2D eigenvalue weighted by Crippen LogP contribution is -2.45. The third kappa shape index (κ3) is 3.23. The number of esters is 1. The van der Waals surface area contributed by atoms with E-state index < -0.39 is 18.7 Å². The number of ether oxygens (including phenoxy) is 1. The molecule has 0 unspecified atom stereocenters. The molecule has 1 saturated carbocycles. The van der Waals surface area contributed by atoms with Gasteiger partial charge in [-0.2, -0.15) is 0 Å². The molecule has 0 aliphatic heterocycles. The molecule has 0 saturated heterocycles. The Morgan fingerprint density at radius 2 is 1.85 bits per heavy atom. The zero-order valence-electron chi connectivity index (χ0n) is 12.4. The monoisotopic (exact) mass is 418 g/mol. The first kappa shape index (κ1) is 18.4. The molecule has 2 atom stereocenters. The van der Waals surface area contributed by atoms with Crippen molar-refractivity contribution >= 4 is 36.2 Å². The Bertz CT molecular complexity index is 366. The smallest absolute Gasteiger partial charge is 0.348 e. The molecule has 0 N–H and O–H groups in total. The van der Waals surface area contributed by atoms with E-state index in [9.17, 15) is 9.36 Å². The highest BCUT2D eigenvalue weighted by Crippen LogP contribution is 2.68. The van der Waals surface area contributed by atoms with Gasteiger partial charge in [0.1, 0.15) is 0 Å². The Hall–Kier alpha value is 0.350. The van der Waals surface area contributed by atoms with Crippen molar-refractivity contribution in [3.63, 3.8) is 0 Å². The summed E-state index contributed by atoms with van der Waals surface area (Å²) in [6, 6.07) is 0. The van der Waals surface area contributed by atoms with E-state index in [2.05, 4.69) is 22.6 Å². The minimum absolute atomic E-state index is 0.0221. The van der Waals surface area contributed by atoms with Crippen LogP contribution < -0.4 is 0 Å². The van der Waals surface area contributed by atoms with E-state index >= 15 is 0 Å². The van der Waals surface area contributed by atoms with Gasteiger partial charge in [-0.1, -0.05) is 29.0 Å². The topological polar surface area (TPSA) is 61.8 Å². The first-order valence-corrected chi connectivity index (χ1v) is 10.2. The molecule has 0 spiro atoms. The molecule has 1 aliphatic carbocycles. The summed E-state index contributed by atoms with van der Waals surface area (Å²) in [6.07, 6.45) is 2.21. The van der Waals surface area contributed by atoms with Gasteiger partial charge in [0.05, 0.1) is 19.8 Å². The number of rotatable bonds is 8. The highest BCUT2D eigenvalue weighted by atomic mass is 127. The van der Waals surface area contributed by atoms with E-state index in [4.69, 9.17) is 13.8 Å². The summed E-state index contributed by atoms with van der Waals surface area (Å²) in [7, 11) is -3.54. The van der Waals surface area contributed by atoms with Crippen LogP contribution in [0.15, 0.2) is 0 Å². The third-order valence-electron chi connectivity index (χ3n) is 3.69. The standard InChI is InChI=1S/C13H24IO5P/c1-4-17-12(15)13(9-7-8-11(13)10-14)20(16,18-5-2)19-6-3/h11H,4-10H2,1-3H3/t11-,13-/m0/s1. The Kier molecular flexibility index (Phi) is 7.46. The van der Waals surface area contributed by atoms with E-state index in [0.29, 0.717) is 6.42 Å². The summed E-state index contributed by atoms with van der Waals surface area (Å²) in [5, 5.41) is -1.13. The molecule has 0 radical (unpaired) electrons. The molecule has 0 aromatic rings. The van der Waals surface area contributed by atoms with E-state index in [-0.39, 0.29) is 25.7 Å². The summed E-state index contributed by atoms with van der Waals surface area (Å²) < 4.78 is 30.2. The fourth-order valence-corrected chi connectivity index (χ4v) is 7.01. The highest BCUT2D eigenvalue weighted by Gasteiger charge is 2.64. The number of alkyl halides is 1.